The van der Waals surface area contributed by atoms with Crippen molar-refractivity contribution in [3.63, 3.8) is 0 Å². The zero-order valence-corrected chi connectivity index (χ0v) is 12.3. The van der Waals surface area contributed by atoms with Crippen molar-refractivity contribution in [3.05, 3.63) is 0 Å². The average Bonchev–Trinajstić information content (AvgIpc) is 2.19. The van der Waals surface area contributed by atoms with Gasteiger partial charge in [-0.25, -0.2) is 0 Å². The van der Waals surface area contributed by atoms with E-state index in [0.717, 1.165) is 32.6 Å². The lowest BCUT2D eigenvalue weighted by atomic mass is 9.85. The topological polar surface area (TPSA) is 41.5 Å². The van der Waals surface area contributed by atoms with Crippen LogP contribution in [-0.2, 0) is 4.74 Å². The summed E-state index contributed by atoms with van der Waals surface area (Å²) in [6.45, 7) is 13.7. The lowest BCUT2D eigenvalue weighted by Crippen LogP contribution is -2.42. The van der Waals surface area contributed by atoms with E-state index in [-0.39, 0.29) is 12.0 Å². The molecule has 0 saturated heterocycles. The Morgan fingerprint density at radius 3 is 2.24 bits per heavy atom. The first-order valence-electron chi connectivity index (χ1n) is 6.80. The van der Waals surface area contributed by atoms with Gasteiger partial charge in [0.25, 0.3) is 0 Å². The maximum absolute atomic E-state index is 9.03. The van der Waals surface area contributed by atoms with E-state index in [2.05, 4.69) is 39.9 Å². The molecule has 0 aromatic rings. The SMILES string of the molecule is CC(C)CCOCCNC(CCO)C(C)(C)C. The van der Waals surface area contributed by atoms with Gasteiger partial charge in [0, 0.05) is 25.8 Å². The Morgan fingerprint density at radius 1 is 1.12 bits per heavy atom. The fourth-order valence-electron chi connectivity index (χ4n) is 1.70. The van der Waals surface area contributed by atoms with Gasteiger partial charge in [0.1, 0.15) is 0 Å². The Hall–Kier alpha value is -0.120. The Morgan fingerprint density at radius 2 is 1.76 bits per heavy atom. The number of ether oxygens (including phenoxy) is 1. The molecule has 0 spiro atoms. The van der Waals surface area contributed by atoms with E-state index in [4.69, 9.17) is 9.84 Å². The van der Waals surface area contributed by atoms with E-state index < -0.39 is 0 Å². The van der Waals surface area contributed by atoms with Crippen molar-refractivity contribution in [2.45, 2.75) is 53.5 Å². The van der Waals surface area contributed by atoms with Crippen LogP contribution in [0.25, 0.3) is 0 Å². The monoisotopic (exact) mass is 245 g/mol. The Balaban J connectivity index is 3.62. The highest BCUT2D eigenvalue weighted by atomic mass is 16.5. The predicted molar refractivity (Wildman–Crippen MR) is 73.2 cm³/mol. The third kappa shape index (κ3) is 9.57. The normalized spacial score (nSPS) is 14.3. The highest BCUT2D eigenvalue weighted by molar-refractivity contribution is 4.79. The minimum absolute atomic E-state index is 0.181. The predicted octanol–water partition coefficient (Wildman–Crippen LogP) is 2.44. The lowest BCUT2D eigenvalue weighted by molar-refractivity contribution is 0.114. The van der Waals surface area contributed by atoms with Gasteiger partial charge in [0.2, 0.25) is 0 Å². The number of nitrogens with one attached hydrogen (secondary N) is 1. The number of aliphatic hydroxyl groups is 1. The molecule has 17 heavy (non-hydrogen) atoms. The molecule has 0 rings (SSSR count). The van der Waals surface area contributed by atoms with Crippen LogP contribution in [0, 0.1) is 11.3 Å². The average molecular weight is 245 g/mol. The van der Waals surface area contributed by atoms with E-state index in [0.29, 0.717) is 12.0 Å². The quantitative estimate of drug-likeness (QED) is 0.613. The molecular formula is C14H31NO2. The highest BCUT2D eigenvalue weighted by Gasteiger charge is 2.22. The van der Waals surface area contributed by atoms with Crippen molar-refractivity contribution in [2.75, 3.05) is 26.4 Å². The van der Waals surface area contributed by atoms with Gasteiger partial charge in [-0.1, -0.05) is 34.6 Å². The van der Waals surface area contributed by atoms with E-state index >= 15 is 0 Å². The van der Waals surface area contributed by atoms with E-state index in [1.54, 1.807) is 0 Å². The van der Waals surface area contributed by atoms with Crippen LogP contribution >= 0.6 is 0 Å². The van der Waals surface area contributed by atoms with Gasteiger partial charge < -0.3 is 15.2 Å². The van der Waals surface area contributed by atoms with E-state index in [1.165, 1.54) is 0 Å². The maximum Gasteiger partial charge on any atom is 0.0591 e. The molecule has 0 aromatic carbocycles. The van der Waals surface area contributed by atoms with Gasteiger partial charge in [0.05, 0.1) is 6.61 Å². The van der Waals surface area contributed by atoms with Gasteiger partial charge in [-0.3, -0.25) is 0 Å². The Kier molecular flexibility index (Phi) is 8.83. The maximum atomic E-state index is 9.03. The second-order valence-electron chi connectivity index (χ2n) is 6.18. The molecule has 0 saturated carbocycles. The molecule has 0 amide bonds. The van der Waals surface area contributed by atoms with Crippen molar-refractivity contribution >= 4 is 0 Å². The fourth-order valence-corrected chi connectivity index (χ4v) is 1.70. The molecular weight excluding hydrogens is 214 g/mol. The van der Waals surface area contributed by atoms with Gasteiger partial charge in [-0.2, -0.15) is 0 Å². The van der Waals surface area contributed by atoms with Gasteiger partial charge in [-0.15, -0.1) is 0 Å². The summed E-state index contributed by atoms with van der Waals surface area (Å²) in [5, 5.41) is 12.5. The first-order chi connectivity index (χ1) is 7.88. The Labute approximate surface area is 107 Å². The highest BCUT2D eigenvalue weighted by Crippen LogP contribution is 2.21. The van der Waals surface area contributed by atoms with Crippen LogP contribution < -0.4 is 5.32 Å². The first kappa shape index (κ1) is 16.9. The molecule has 0 radical (unpaired) electrons. The van der Waals surface area contributed by atoms with Crippen LogP contribution in [0.3, 0.4) is 0 Å². The summed E-state index contributed by atoms with van der Waals surface area (Å²) in [6, 6.07) is 0.348. The number of hydrogen-bond donors (Lipinski definition) is 2. The lowest BCUT2D eigenvalue weighted by Gasteiger charge is -2.31. The summed E-state index contributed by atoms with van der Waals surface area (Å²) >= 11 is 0. The van der Waals surface area contributed by atoms with Crippen molar-refractivity contribution in [1.82, 2.24) is 5.32 Å². The molecule has 3 nitrogen and oxygen atoms in total. The summed E-state index contributed by atoms with van der Waals surface area (Å²) in [5.41, 5.74) is 0.181. The summed E-state index contributed by atoms with van der Waals surface area (Å²) in [4.78, 5) is 0. The van der Waals surface area contributed by atoms with Crippen LogP contribution in [0.5, 0.6) is 0 Å². The zero-order valence-electron chi connectivity index (χ0n) is 12.3. The van der Waals surface area contributed by atoms with Crippen molar-refractivity contribution in [1.29, 1.82) is 0 Å². The van der Waals surface area contributed by atoms with Crippen LogP contribution in [0.2, 0.25) is 0 Å². The number of rotatable bonds is 9. The van der Waals surface area contributed by atoms with E-state index in [1.807, 2.05) is 0 Å². The molecule has 3 heteroatoms. The molecule has 0 bridgehead atoms. The van der Waals surface area contributed by atoms with Gasteiger partial charge in [-0.05, 0) is 24.2 Å². The molecule has 104 valence electrons. The van der Waals surface area contributed by atoms with E-state index in [9.17, 15) is 0 Å². The van der Waals surface area contributed by atoms with Crippen molar-refractivity contribution in [2.24, 2.45) is 11.3 Å². The molecule has 0 heterocycles. The Bertz CT molecular complexity index is 176. The van der Waals surface area contributed by atoms with Gasteiger partial charge >= 0.3 is 0 Å². The molecule has 0 aliphatic heterocycles. The van der Waals surface area contributed by atoms with Crippen LogP contribution in [0.15, 0.2) is 0 Å². The molecule has 0 fully saturated rings. The van der Waals surface area contributed by atoms with Gasteiger partial charge in [0.15, 0.2) is 0 Å². The van der Waals surface area contributed by atoms with Crippen LogP contribution in [-0.4, -0.2) is 37.5 Å². The minimum atomic E-state index is 0.181. The largest absolute Gasteiger partial charge is 0.396 e. The first-order valence-corrected chi connectivity index (χ1v) is 6.80. The molecule has 0 aromatic heterocycles. The minimum Gasteiger partial charge on any atom is -0.396 e. The number of hydrogen-bond acceptors (Lipinski definition) is 3. The molecule has 0 aliphatic carbocycles. The zero-order chi connectivity index (χ0) is 13.3. The molecule has 0 aliphatic rings. The third-order valence-electron chi connectivity index (χ3n) is 2.94. The molecule has 1 unspecified atom stereocenters. The standard InChI is InChI=1S/C14H31NO2/c1-12(2)7-10-17-11-8-15-13(6-9-16)14(3,4)5/h12-13,15-16H,6-11H2,1-5H3. The van der Waals surface area contributed by atoms with Crippen LogP contribution in [0.4, 0.5) is 0 Å². The number of aliphatic hydroxyl groups excluding tert-OH is 1. The second kappa shape index (κ2) is 8.90. The smallest absolute Gasteiger partial charge is 0.0591 e. The van der Waals surface area contributed by atoms with Crippen molar-refractivity contribution in [3.8, 4) is 0 Å². The second-order valence-corrected chi connectivity index (χ2v) is 6.18. The third-order valence-corrected chi connectivity index (χ3v) is 2.94. The summed E-state index contributed by atoms with van der Waals surface area (Å²) in [6.07, 6.45) is 1.93. The van der Waals surface area contributed by atoms with Crippen molar-refractivity contribution < 1.29 is 9.84 Å². The molecule has 1 atom stereocenters. The summed E-state index contributed by atoms with van der Waals surface area (Å²) in [5.74, 6) is 0.708. The molecule has 2 N–H and O–H groups in total. The summed E-state index contributed by atoms with van der Waals surface area (Å²) < 4.78 is 5.56. The van der Waals surface area contributed by atoms with Crippen LogP contribution in [0.1, 0.15) is 47.5 Å². The summed E-state index contributed by atoms with van der Waals surface area (Å²) in [7, 11) is 0. The fraction of sp³-hybridized carbons (Fsp3) is 1.00.